The number of carbonyl (C=O) groups is 2. The molecule has 7 nitrogen and oxygen atoms in total. The van der Waals surface area contributed by atoms with Gasteiger partial charge in [-0.25, -0.2) is 4.98 Å². The Labute approximate surface area is 149 Å². The van der Waals surface area contributed by atoms with Gasteiger partial charge in [0.2, 0.25) is 5.91 Å². The first kappa shape index (κ1) is 17.3. The van der Waals surface area contributed by atoms with Gasteiger partial charge in [0.15, 0.2) is 0 Å². The molecule has 7 heteroatoms. The number of rotatable bonds is 5. The van der Waals surface area contributed by atoms with Crippen molar-refractivity contribution in [2.24, 2.45) is 5.73 Å². The fourth-order valence-electron chi connectivity index (χ4n) is 2.84. The van der Waals surface area contributed by atoms with Gasteiger partial charge in [-0.05, 0) is 30.7 Å². The molecule has 1 atom stereocenters. The lowest BCUT2D eigenvalue weighted by Gasteiger charge is -2.18. The molecule has 2 amide bonds. The maximum Gasteiger partial charge on any atom is 0.261 e. The van der Waals surface area contributed by atoms with Crippen molar-refractivity contribution in [2.45, 2.75) is 19.4 Å². The highest BCUT2D eigenvalue weighted by Crippen LogP contribution is 2.18. The first-order valence-electron chi connectivity index (χ1n) is 8.18. The standard InChI is InChI=1S/C19H18N4O3/c1-2-16(18(25)22-15-10-6-3-7-12(15)17(20)24)23-11-21-14-9-5-4-8-13(14)19(23)26/h3-11,16H,2H2,1H3,(H2,20,24)(H,22,25)/t16-/m1/s1. The average Bonchev–Trinajstić information content (AvgIpc) is 2.64. The number of fused-ring (bicyclic) bond motifs is 1. The summed E-state index contributed by atoms with van der Waals surface area (Å²) in [6, 6.07) is 12.7. The number of carbonyl (C=O) groups excluding carboxylic acids is 2. The van der Waals surface area contributed by atoms with Crippen LogP contribution in [0.4, 0.5) is 5.69 Å². The van der Waals surface area contributed by atoms with Crippen LogP contribution < -0.4 is 16.6 Å². The highest BCUT2D eigenvalue weighted by molar-refractivity contribution is 6.03. The summed E-state index contributed by atoms with van der Waals surface area (Å²) >= 11 is 0. The van der Waals surface area contributed by atoms with Crippen LogP contribution in [0.15, 0.2) is 59.7 Å². The number of anilines is 1. The van der Waals surface area contributed by atoms with Crippen molar-refractivity contribution in [3.05, 3.63) is 70.8 Å². The van der Waals surface area contributed by atoms with E-state index >= 15 is 0 Å². The summed E-state index contributed by atoms with van der Waals surface area (Å²) in [7, 11) is 0. The number of nitrogens with zero attached hydrogens (tertiary/aromatic N) is 2. The van der Waals surface area contributed by atoms with Crippen molar-refractivity contribution in [1.29, 1.82) is 0 Å². The molecule has 0 saturated carbocycles. The van der Waals surface area contributed by atoms with Crippen LogP contribution in [0.1, 0.15) is 29.7 Å². The SMILES string of the molecule is CC[C@H](C(=O)Nc1ccccc1C(N)=O)n1cnc2ccccc2c1=O. The van der Waals surface area contributed by atoms with E-state index in [1.807, 2.05) is 0 Å². The molecule has 0 aliphatic rings. The second-order valence-electron chi connectivity index (χ2n) is 5.80. The van der Waals surface area contributed by atoms with Gasteiger partial charge in [0.05, 0.1) is 28.5 Å². The van der Waals surface area contributed by atoms with Gasteiger partial charge in [0.25, 0.3) is 11.5 Å². The predicted octanol–water partition coefficient (Wildman–Crippen LogP) is 2.09. The Morgan fingerprint density at radius 2 is 1.85 bits per heavy atom. The van der Waals surface area contributed by atoms with Crippen LogP contribution in [0.5, 0.6) is 0 Å². The van der Waals surface area contributed by atoms with Crippen LogP contribution >= 0.6 is 0 Å². The number of nitrogens with two attached hydrogens (primary N) is 1. The van der Waals surface area contributed by atoms with Crippen LogP contribution in [-0.2, 0) is 4.79 Å². The Balaban J connectivity index is 1.97. The van der Waals surface area contributed by atoms with Gasteiger partial charge in [-0.1, -0.05) is 31.2 Å². The van der Waals surface area contributed by atoms with Gasteiger partial charge in [0, 0.05) is 0 Å². The third kappa shape index (κ3) is 3.19. The third-order valence-corrected chi connectivity index (χ3v) is 4.17. The zero-order valence-electron chi connectivity index (χ0n) is 14.2. The van der Waals surface area contributed by atoms with Gasteiger partial charge in [-0.15, -0.1) is 0 Å². The molecule has 0 unspecified atom stereocenters. The summed E-state index contributed by atoms with van der Waals surface area (Å²) in [4.78, 5) is 41.3. The zero-order valence-corrected chi connectivity index (χ0v) is 14.2. The lowest BCUT2D eigenvalue weighted by Crippen LogP contribution is -2.33. The summed E-state index contributed by atoms with van der Waals surface area (Å²) in [6.45, 7) is 1.80. The number of nitrogens with one attached hydrogen (secondary N) is 1. The molecule has 26 heavy (non-hydrogen) atoms. The van der Waals surface area contributed by atoms with Crippen LogP contribution in [0.2, 0.25) is 0 Å². The van der Waals surface area contributed by atoms with Gasteiger partial charge in [-0.3, -0.25) is 19.0 Å². The molecule has 0 radical (unpaired) electrons. The second-order valence-corrected chi connectivity index (χ2v) is 5.80. The molecule has 0 saturated heterocycles. The highest BCUT2D eigenvalue weighted by Gasteiger charge is 2.22. The van der Waals surface area contributed by atoms with Crippen molar-refractivity contribution in [1.82, 2.24) is 9.55 Å². The molecule has 0 aliphatic heterocycles. The van der Waals surface area contributed by atoms with Crippen LogP contribution in [0.3, 0.4) is 0 Å². The molecular weight excluding hydrogens is 332 g/mol. The Bertz CT molecular complexity index is 1040. The van der Waals surface area contributed by atoms with Gasteiger partial charge >= 0.3 is 0 Å². The monoisotopic (exact) mass is 350 g/mol. The topological polar surface area (TPSA) is 107 Å². The molecule has 3 aromatic rings. The van der Waals surface area contributed by atoms with E-state index in [9.17, 15) is 14.4 Å². The smallest absolute Gasteiger partial charge is 0.261 e. The number of hydrogen-bond donors (Lipinski definition) is 2. The van der Waals surface area contributed by atoms with E-state index < -0.39 is 17.9 Å². The first-order valence-corrected chi connectivity index (χ1v) is 8.18. The average molecular weight is 350 g/mol. The van der Waals surface area contributed by atoms with Crippen molar-refractivity contribution >= 4 is 28.4 Å². The zero-order chi connectivity index (χ0) is 18.7. The summed E-state index contributed by atoms with van der Waals surface area (Å²) in [5.74, 6) is -1.06. The number of benzene rings is 2. The molecular formula is C19H18N4O3. The fraction of sp³-hybridized carbons (Fsp3) is 0.158. The normalized spacial score (nSPS) is 11.9. The van der Waals surface area contributed by atoms with E-state index in [-0.39, 0.29) is 11.1 Å². The molecule has 0 aliphatic carbocycles. The molecule has 2 aromatic carbocycles. The number of amides is 2. The third-order valence-electron chi connectivity index (χ3n) is 4.17. The van der Waals surface area contributed by atoms with E-state index in [4.69, 9.17) is 5.73 Å². The quantitative estimate of drug-likeness (QED) is 0.734. The maximum atomic E-state index is 12.8. The molecule has 0 fully saturated rings. The molecule has 3 N–H and O–H groups in total. The van der Waals surface area contributed by atoms with Crippen LogP contribution in [0.25, 0.3) is 10.9 Å². The van der Waals surface area contributed by atoms with E-state index in [0.29, 0.717) is 23.0 Å². The second kappa shape index (κ2) is 7.18. The van der Waals surface area contributed by atoms with E-state index in [0.717, 1.165) is 0 Å². The van der Waals surface area contributed by atoms with Crippen molar-refractivity contribution < 1.29 is 9.59 Å². The van der Waals surface area contributed by atoms with Gasteiger partial charge < -0.3 is 11.1 Å². The first-order chi connectivity index (χ1) is 12.5. The number of aromatic nitrogens is 2. The number of primary amides is 1. The summed E-state index contributed by atoms with van der Waals surface area (Å²) in [5.41, 5.74) is 6.14. The molecule has 3 rings (SSSR count). The summed E-state index contributed by atoms with van der Waals surface area (Å²) < 4.78 is 1.31. The predicted molar refractivity (Wildman–Crippen MR) is 98.9 cm³/mol. The Morgan fingerprint density at radius 1 is 1.15 bits per heavy atom. The minimum atomic E-state index is -0.763. The summed E-state index contributed by atoms with van der Waals surface area (Å²) in [6.07, 6.45) is 1.75. The van der Waals surface area contributed by atoms with E-state index in [1.54, 1.807) is 49.4 Å². The Kier molecular flexibility index (Phi) is 4.79. The van der Waals surface area contributed by atoms with Crippen molar-refractivity contribution in [2.75, 3.05) is 5.32 Å². The summed E-state index contributed by atoms with van der Waals surface area (Å²) in [5, 5.41) is 3.13. The lowest BCUT2D eigenvalue weighted by atomic mass is 10.1. The van der Waals surface area contributed by atoms with Crippen LogP contribution in [0, 0.1) is 0 Å². The van der Waals surface area contributed by atoms with E-state index in [2.05, 4.69) is 10.3 Å². The largest absolute Gasteiger partial charge is 0.366 e. The Morgan fingerprint density at radius 3 is 2.58 bits per heavy atom. The lowest BCUT2D eigenvalue weighted by molar-refractivity contribution is -0.119. The molecule has 0 spiro atoms. The molecule has 1 heterocycles. The minimum absolute atomic E-state index is 0.208. The Hall–Kier alpha value is -3.48. The molecule has 132 valence electrons. The van der Waals surface area contributed by atoms with Crippen LogP contribution in [-0.4, -0.2) is 21.4 Å². The van der Waals surface area contributed by atoms with Gasteiger partial charge in [-0.2, -0.15) is 0 Å². The molecule has 1 aromatic heterocycles. The minimum Gasteiger partial charge on any atom is -0.366 e. The highest BCUT2D eigenvalue weighted by atomic mass is 16.2. The van der Waals surface area contributed by atoms with Crippen molar-refractivity contribution in [3.8, 4) is 0 Å². The number of hydrogen-bond acceptors (Lipinski definition) is 4. The van der Waals surface area contributed by atoms with Gasteiger partial charge in [0.1, 0.15) is 6.04 Å². The fourth-order valence-corrected chi connectivity index (χ4v) is 2.84. The van der Waals surface area contributed by atoms with E-state index in [1.165, 1.54) is 17.0 Å². The molecule has 0 bridgehead atoms. The number of para-hydroxylation sites is 2. The van der Waals surface area contributed by atoms with Crippen molar-refractivity contribution in [3.63, 3.8) is 0 Å². The maximum absolute atomic E-state index is 12.8.